The molecular formula is C26H29N5O2S2. The zero-order valence-electron chi connectivity index (χ0n) is 19.7. The number of thiophene rings is 1. The molecular weight excluding hydrogens is 478 g/mol. The number of carbonyl (C=O) groups is 2. The molecule has 2 aromatic heterocycles. The number of nitrogens with one attached hydrogen (secondary N) is 1. The molecule has 7 nitrogen and oxygen atoms in total. The van der Waals surface area contributed by atoms with E-state index in [9.17, 15) is 9.59 Å². The smallest absolute Gasteiger partial charge is 0.243 e. The number of rotatable bonds is 4. The third-order valence-corrected chi connectivity index (χ3v) is 8.99. The van der Waals surface area contributed by atoms with Crippen LogP contribution < -0.4 is 5.32 Å². The number of amides is 2. The van der Waals surface area contributed by atoms with E-state index in [1.54, 1.807) is 11.3 Å². The summed E-state index contributed by atoms with van der Waals surface area (Å²) in [4.78, 5) is 39.1. The molecule has 2 amide bonds. The summed E-state index contributed by atoms with van der Waals surface area (Å²) in [5.74, 6) is 0.964. The quantitative estimate of drug-likeness (QED) is 0.412. The van der Waals surface area contributed by atoms with Crippen molar-refractivity contribution in [2.45, 2.75) is 63.0 Å². The fraction of sp³-hybridized carbons (Fsp3) is 0.462. The van der Waals surface area contributed by atoms with Gasteiger partial charge in [-0.05, 0) is 67.4 Å². The molecule has 1 aromatic carbocycles. The average molecular weight is 508 g/mol. The molecule has 0 saturated carbocycles. The third kappa shape index (κ3) is 4.39. The van der Waals surface area contributed by atoms with E-state index in [0.29, 0.717) is 25.3 Å². The number of nitrogens with zero attached hydrogens (tertiary/aromatic N) is 4. The Balaban J connectivity index is 1.11. The molecule has 0 spiro atoms. The summed E-state index contributed by atoms with van der Waals surface area (Å²) in [5.41, 5.74) is 4.90. The Hall–Kier alpha value is -2.33. The molecule has 3 aliphatic heterocycles. The van der Waals surface area contributed by atoms with Crippen molar-refractivity contribution in [1.29, 1.82) is 0 Å². The van der Waals surface area contributed by atoms with Gasteiger partial charge >= 0.3 is 0 Å². The molecule has 182 valence electrons. The van der Waals surface area contributed by atoms with E-state index >= 15 is 0 Å². The first-order valence-electron chi connectivity index (χ1n) is 12.3. The first-order valence-corrected chi connectivity index (χ1v) is 13.7. The van der Waals surface area contributed by atoms with Crippen molar-refractivity contribution in [3.8, 4) is 0 Å². The largest absolute Gasteiger partial charge is 0.299 e. The van der Waals surface area contributed by atoms with Crippen molar-refractivity contribution >= 4 is 46.0 Å². The molecule has 0 bridgehead atoms. The average Bonchev–Trinajstić information content (AvgIpc) is 3.44. The minimum atomic E-state index is -0.301. The second-order valence-corrected chi connectivity index (χ2v) is 11.3. The van der Waals surface area contributed by atoms with Crippen LogP contribution in [-0.4, -0.2) is 50.7 Å². The first-order chi connectivity index (χ1) is 17.0. The van der Waals surface area contributed by atoms with Gasteiger partial charge in [0.15, 0.2) is 0 Å². The van der Waals surface area contributed by atoms with Gasteiger partial charge in [0.1, 0.15) is 10.7 Å². The lowest BCUT2D eigenvalue weighted by Crippen LogP contribution is -2.51. The van der Waals surface area contributed by atoms with Gasteiger partial charge in [-0.1, -0.05) is 18.2 Å². The van der Waals surface area contributed by atoms with Crippen LogP contribution >= 0.6 is 24.0 Å². The van der Waals surface area contributed by atoms with Gasteiger partial charge in [-0.15, -0.1) is 11.3 Å². The number of imide groups is 1. The van der Waals surface area contributed by atoms with Crippen LogP contribution in [0.3, 0.4) is 0 Å². The lowest BCUT2D eigenvalue weighted by atomic mass is 9.91. The van der Waals surface area contributed by atoms with Crippen LogP contribution in [0.15, 0.2) is 29.6 Å². The fourth-order valence-electron chi connectivity index (χ4n) is 5.79. The predicted molar refractivity (Wildman–Crippen MR) is 139 cm³/mol. The number of hydrogen-bond donors (Lipinski definition) is 2. The van der Waals surface area contributed by atoms with Gasteiger partial charge in [-0.25, -0.2) is 9.97 Å². The topological polar surface area (TPSA) is 78.4 Å². The van der Waals surface area contributed by atoms with Gasteiger partial charge in [0.05, 0.1) is 17.1 Å². The molecule has 0 radical (unpaired) electrons. The summed E-state index contributed by atoms with van der Waals surface area (Å²) in [6.45, 7) is 5.68. The summed E-state index contributed by atoms with van der Waals surface area (Å²) in [7, 11) is 0. The number of aryl methyl sites for hydroxylation is 1. The highest BCUT2D eigenvalue weighted by Crippen LogP contribution is 2.40. The number of benzene rings is 1. The Morgan fingerprint density at radius 2 is 1.97 bits per heavy atom. The molecule has 1 N–H and O–H groups in total. The van der Waals surface area contributed by atoms with Gasteiger partial charge in [0.25, 0.3) is 0 Å². The number of aromatic nitrogens is 2. The molecule has 35 heavy (non-hydrogen) atoms. The number of carbonyl (C=O) groups excluding carboxylic acids is 2. The van der Waals surface area contributed by atoms with E-state index in [1.807, 2.05) is 6.92 Å². The highest BCUT2D eigenvalue weighted by atomic mass is 32.1. The highest BCUT2D eigenvalue weighted by molar-refractivity contribution is 7.80. The lowest BCUT2D eigenvalue weighted by molar-refractivity contribution is -0.137. The molecule has 5 heterocycles. The maximum Gasteiger partial charge on any atom is 0.243 e. The van der Waals surface area contributed by atoms with E-state index in [0.717, 1.165) is 43.1 Å². The van der Waals surface area contributed by atoms with Gasteiger partial charge in [0.2, 0.25) is 11.8 Å². The van der Waals surface area contributed by atoms with E-state index < -0.39 is 0 Å². The Labute approximate surface area is 214 Å². The van der Waals surface area contributed by atoms with E-state index in [-0.39, 0.29) is 23.2 Å². The normalized spacial score (nSPS) is 24.2. The van der Waals surface area contributed by atoms with Crippen LogP contribution in [0, 0.1) is 6.92 Å². The zero-order chi connectivity index (χ0) is 24.1. The number of thiol groups is 1. The molecule has 3 aromatic rings. The van der Waals surface area contributed by atoms with Gasteiger partial charge in [-0.3, -0.25) is 24.7 Å². The molecule has 6 rings (SSSR count). The standard InChI is InChI=1S/C26H29N5O2S2/c1-15-27-23(19-8-11-35-25(19)28-15)17-6-9-30(10-7-17)13-16-2-3-18-14-31(26(34)20(18)12-16)21-4-5-22(32)29-24(21)33/h2-3,8,11-12,17,21,26,34H,4-7,9-10,13-14H2,1H3,(H,29,32,33). The molecule has 9 heteroatoms. The molecule has 2 fully saturated rings. The van der Waals surface area contributed by atoms with Gasteiger partial charge in [0, 0.05) is 30.8 Å². The molecule has 2 atom stereocenters. The Morgan fingerprint density at radius 1 is 1.14 bits per heavy atom. The number of fused-ring (bicyclic) bond motifs is 2. The molecule has 2 unspecified atom stereocenters. The molecule has 0 aliphatic carbocycles. The highest BCUT2D eigenvalue weighted by Gasteiger charge is 2.39. The van der Waals surface area contributed by atoms with Crippen LogP contribution in [-0.2, 0) is 22.7 Å². The van der Waals surface area contributed by atoms with Crippen LogP contribution in [0.25, 0.3) is 10.2 Å². The SMILES string of the molecule is Cc1nc(C2CCN(Cc3ccc4c(c3)C(S)N(C3CCC(=O)NC3=O)C4)CC2)c2ccsc2n1. The van der Waals surface area contributed by atoms with Gasteiger partial charge < -0.3 is 0 Å². The van der Waals surface area contributed by atoms with Crippen LogP contribution in [0.5, 0.6) is 0 Å². The van der Waals surface area contributed by atoms with Crippen molar-refractivity contribution in [3.63, 3.8) is 0 Å². The van der Waals surface area contributed by atoms with E-state index in [1.165, 1.54) is 27.8 Å². The predicted octanol–water partition coefficient (Wildman–Crippen LogP) is 3.93. The van der Waals surface area contributed by atoms with Crippen molar-refractivity contribution in [2.75, 3.05) is 13.1 Å². The second kappa shape index (κ2) is 9.28. The van der Waals surface area contributed by atoms with E-state index in [2.05, 4.69) is 49.7 Å². The zero-order valence-corrected chi connectivity index (χ0v) is 21.4. The summed E-state index contributed by atoms with van der Waals surface area (Å²) in [5, 5.41) is 5.68. The number of piperidine rings is 2. The maximum atomic E-state index is 12.4. The Bertz CT molecular complexity index is 1300. The first kappa shape index (κ1) is 23.1. The minimum absolute atomic E-state index is 0.131. The van der Waals surface area contributed by atoms with Gasteiger partial charge in [-0.2, -0.15) is 12.6 Å². The molecule has 2 saturated heterocycles. The number of likely N-dealkylation sites (tertiary alicyclic amines) is 1. The monoisotopic (exact) mass is 507 g/mol. The summed E-state index contributed by atoms with van der Waals surface area (Å²) < 4.78 is 0. The van der Waals surface area contributed by atoms with E-state index in [4.69, 9.17) is 17.6 Å². The minimum Gasteiger partial charge on any atom is -0.299 e. The van der Waals surface area contributed by atoms with Crippen molar-refractivity contribution < 1.29 is 9.59 Å². The summed E-state index contributed by atoms with van der Waals surface area (Å²) >= 11 is 6.57. The second-order valence-electron chi connectivity index (χ2n) is 9.89. The Morgan fingerprint density at radius 3 is 2.77 bits per heavy atom. The van der Waals surface area contributed by atoms with Crippen molar-refractivity contribution in [2.24, 2.45) is 0 Å². The molecule has 3 aliphatic rings. The van der Waals surface area contributed by atoms with Crippen LogP contribution in [0.4, 0.5) is 0 Å². The third-order valence-electron chi connectivity index (χ3n) is 7.61. The fourth-order valence-corrected chi connectivity index (χ4v) is 7.09. The summed E-state index contributed by atoms with van der Waals surface area (Å²) in [6.07, 6.45) is 3.15. The number of hydrogen-bond acceptors (Lipinski definition) is 8. The lowest BCUT2D eigenvalue weighted by Gasteiger charge is -2.32. The summed E-state index contributed by atoms with van der Waals surface area (Å²) in [6, 6.07) is 8.52. The van der Waals surface area contributed by atoms with Crippen LogP contribution in [0.1, 0.15) is 65.2 Å². The van der Waals surface area contributed by atoms with Crippen molar-refractivity contribution in [1.82, 2.24) is 25.1 Å². The van der Waals surface area contributed by atoms with Crippen molar-refractivity contribution in [3.05, 3.63) is 57.9 Å². The van der Waals surface area contributed by atoms with Crippen LogP contribution in [0.2, 0.25) is 0 Å². The Kier molecular flexibility index (Phi) is 6.12. The maximum absolute atomic E-state index is 12.4.